The molecule has 0 heterocycles. The number of aliphatic hydroxyl groups is 1. The third-order valence-corrected chi connectivity index (χ3v) is 2.34. The van der Waals surface area contributed by atoms with Crippen LogP contribution in [0.3, 0.4) is 0 Å². The Morgan fingerprint density at radius 2 is 2.29 bits per heavy atom. The molecule has 0 saturated carbocycles. The van der Waals surface area contributed by atoms with E-state index in [4.69, 9.17) is 9.84 Å². The summed E-state index contributed by atoms with van der Waals surface area (Å²) >= 11 is 0. The van der Waals surface area contributed by atoms with Gasteiger partial charge in [-0.2, -0.15) is 0 Å². The van der Waals surface area contributed by atoms with E-state index < -0.39 is 11.7 Å². The van der Waals surface area contributed by atoms with Crippen LogP contribution in [-0.4, -0.2) is 31.3 Å². The number of hydrogen-bond donors (Lipinski definition) is 2. The van der Waals surface area contributed by atoms with Crippen molar-refractivity contribution in [3.63, 3.8) is 0 Å². The van der Waals surface area contributed by atoms with Crippen molar-refractivity contribution in [2.24, 2.45) is 5.92 Å². The summed E-state index contributed by atoms with van der Waals surface area (Å²) in [5.41, 5.74) is -0.0315. The van der Waals surface area contributed by atoms with E-state index in [1.165, 1.54) is 19.2 Å². The van der Waals surface area contributed by atoms with Crippen molar-refractivity contribution >= 4 is 5.91 Å². The van der Waals surface area contributed by atoms with Crippen molar-refractivity contribution in [2.75, 3.05) is 20.3 Å². The molecule has 94 valence electrons. The lowest BCUT2D eigenvalue weighted by Crippen LogP contribution is -2.30. The van der Waals surface area contributed by atoms with Gasteiger partial charge in [0.05, 0.1) is 12.7 Å². The molecule has 0 radical (unpaired) electrons. The molecule has 0 fully saturated rings. The van der Waals surface area contributed by atoms with E-state index in [9.17, 15) is 9.18 Å². The highest BCUT2D eigenvalue weighted by Gasteiger charge is 2.13. The molecule has 1 amide bonds. The normalized spacial score (nSPS) is 12.0. The lowest BCUT2D eigenvalue weighted by Gasteiger charge is -2.10. The van der Waals surface area contributed by atoms with Gasteiger partial charge in [-0.25, -0.2) is 4.39 Å². The zero-order chi connectivity index (χ0) is 12.8. The van der Waals surface area contributed by atoms with Gasteiger partial charge in [0, 0.05) is 19.2 Å². The first-order valence-corrected chi connectivity index (χ1v) is 5.31. The van der Waals surface area contributed by atoms with Gasteiger partial charge in [0.25, 0.3) is 5.91 Å². The average Bonchev–Trinajstić information content (AvgIpc) is 2.35. The van der Waals surface area contributed by atoms with Gasteiger partial charge in [-0.15, -0.1) is 0 Å². The molecule has 0 saturated heterocycles. The Bertz CT molecular complexity index is 395. The zero-order valence-corrected chi connectivity index (χ0v) is 9.87. The maximum atomic E-state index is 13.5. The minimum absolute atomic E-state index is 0.0224. The Labute approximate surface area is 99.4 Å². The van der Waals surface area contributed by atoms with Crippen molar-refractivity contribution in [3.8, 4) is 5.75 Å². The standard InChI is InChI=1S/C12H16FNO3/c1-8(7-15)6-14-12(16)10-4-3-9(17-2)5-11(10)13/h3-5,8,15H,6-7H2,1-2H3,(H,14,16). The zero-order valence-electron chi connectivity index (χ0n) is 9.87. The smallest absolute Gasteiger partial charge is 0.254 e. The van der Waals surface area contributed by atoms with Crippen LogP contribution in [0.25, 0.3) is 0 Å². The number of hydrogen-bond acceptors (Lipinski definition) is 3. The molecule has 0 aromatic heterocycles. The van der Waals surface area contributed by atoms with E-state index in [1.54, 1.807) is 6.92 Å². The van der Waals surface area contributed by atoms with Gasteiger partial charge < -0.3 is 15.2 Å². The molecule has 1 rings (SSSR count). The molecule has 1 atom stereocenters. The van der Waals surface area contributed by atoms with Crippen LogP contribution in [0.15, 0.2) is 18.2 Å². The molecule has 0 bridgehead atoms. The molecular weight excluding hydrogens is 225 g/mol. The Morgan fingerprint density at radius 3 is 2.82 bits per heavy atom. The van der Waals surface area contributed by atoms with Crippen LogP contribution in [0.5, 0.6) is 5.75 Å². The van der Waals surface area contributed by atoms with Gasteiger partial charge in [-0.3, -0.25) is 4.79 Å². The second kappa shape index (κ2) is 6.20. The van der Waals surface area contributed by atoms with Crippen LogP contribution in [0.2, 0.25) is 0 Å². The molecule has 0 aliphatic carbocycles. The Morgan fingerprint density at radius 1 is 1.59 bits per heavy atom. The van der Waals surface area contributed by atoms with E-state index in [-0.39, 0.29) is 18.1 Å². The lowest BCUT2D eigenvalue weighted by molar-refractivity contribution is 0.0938. The fourth-order valence-electron chi connectivity index (χ4n) is 1.23. The monoisotopic (exact) mass is 241 g/mol. The summed E-state index contributed by atoms with van der Waals surface area (Å²) in [6.07, 6.45) is 0. The van der Waals surface area contributed by atoms with Gasteiger partial charge in [-0.1, -0.05) is 6.92 Å². The fourth-order valence-corrected chi connectivity index (χ4v) is 1.23. The summed E-state index contributed by atoms with van der Waals surface area (Å²) in [5.74, 6) is -0.813. The quantitative estimate of drug-likeness (QED) is 0.814. The maximum Gasteiger partial charge on any atom is 0.254 e. The number of carbonyl (C=O) groups excluding carboxylic acids is 1. The van der Waals surface area contributed by atoms with Crippen LogP contribution in [-0.2, 0) is 0 Å². The van der Waals surface area contributed by atoms with Crippen LogP contribution < -0.4 is 10.1 Å². The summed E-state index contributed by atoms with van der Waals surface area (Å²) in [7, 11) is 1.43. The molecule has 0 spiro atoms. The van der Waals surface area contributed by atoms with Crippen molar-refractivity contribution in [1.82, 2.24) is 5.32 Å². The molecule has 5 heteroatoms. The lowest BCUT2D eigenvalue weighted by atomic mass is 10.1. The highest BCUT2D eigenvalue weighted by atomic mass is 19.1. The SMILES string of the molecule is COc1ccc(C(=O)NCC(C)CO)c(F)c1. The van der Waals surface area contributed by atoms with E-state index in [1.807, 2.05) is 0 Å². The number of benzene rings is 1. The van der Waals surface area contributed by atoms with E-state index >= 15 is 0 Å². The van der Waals surface area contributed by atoms with Crippen molar-refractivity contribution in [2.45, 2.75) is 6.92 Å². The summed E-state index contributed by atoms with van der Waals surface area (Å²) in [6.45, 7) is 2.07. The molecule has 1 aromatic carbocycles. The first-order valence-electron chi connectivity index (χ1n) is 5.31. The summed E-state index contributed by atoms with van der Waals surface area (Å²) < 4.78 is 18.3. The summed E-state index contributed by atoms with van der Waals surface area (Å²) in [4.78, 5) is 11.6. The number of amides is 1. The molecule has 2 N–H and O–H groups in total. The van der Waals surface area contributed by atoms with Crippen molar-refractivity contribution < 1.29 is 19.0 Å². The highest BCUT2D eigenvalue weighted by molar-refractivity contribution is 5.94. The van der Waals surface area contributed by atoms with Gasteiger partial charge >= 0.3 is 0 Å². The van der Waals surface area contributed by atoms with Gasteiger partial charge in [0.15, 0.2) is 0 Å². The van der Waals surface area contributed by atoms with Crippen molar-refractivity contribution in [3.05, 3.63) is 29.6 Å². The van der Waals surface area contributed by atoms with Crippen molar-refractivity contribution in [1.29, 1.82) is 0 Å². The molecule has 1 unspecified atom stereocenters. The fraction of sp³-hybridized carbons (Fsp3) is 0.417. The number of halogens is 1. The summed E-state index contributed by atoms with van der Waals surface area (Å²) in [5, 5.41) is 11.3. The van der Waals surface area contributed by atoms with E-state index in [0.717, 1.165) is 6.07 Å². The number of carbonyl (C=O) groups is 1. The predicted octanol–water partition coefficient (Wildman–Crippen LogP) is 1.19. The molecule has 17 heavy (non-hydrogen) atoms. The molecule has 0 aliphatic heterocycles. The van der Waals surface area contributed by atoms with E-state index in [2.05, 4.69) is 5.32 Å². The predicted molar refractivity (Wildman–Crippen MR) is 61.5 cm³/mol. The number of aliphatic hydroxyl groups excluding tert-OH is 1. The Kier molecular flexibility index (Phi) is 4.90. The highest BCUT2D eigenvalue weighted by Crippen LogP contribution is 2.16. The third kappa shape index (κ3) is 3.71. The van der Waals surface area contributed by atoms with Gasteiger partial charge in [-0.05, 0) is 18.1 Å². The van der Waals surface area contributed by atoms with Gasteiger partial charge in [0.2, 0.25) is 0 Å². The molecular formula is C12H16FNO3. The van der Waals surface area contributed by atoms with E-state index in [0.29, 0.717) is 12.3 Å². The second-order valence-electron chi connectivity index (χ2n) is 3.84. The number of ether oxygens (including phenoxy) is 1. The Balaban J connectivity index is 2.69. The molecule has 1 aromatic rings. The number of nitrogens with one attached hydrogen (secondary N) is 1. The largest absolute Gasteiger partial charge is 0.497 e. The third-order valence-electron chi connectivity index (χ3n) is 2.34. The van der Waals surface area contributed by atoms with Gasteiger partial charge in [0.1, 0.15) is 11.6 Å². The Hall–Kier alpha value is -1.62. The maximum absolute atomic E-state index is 13.5. The van der Waals surface area contributed by atoms with Crippen LogP contribution in [0.4, 0.5) is 4.39 Å². The van der Waals surface area contributed by atoms with Crippen LogP contribution >= 0.6 is 0 Å². The number of rotatable bonds is 5. The minimum Gasteiger partial charge on any atom is -0.497 e. The first-order chi connectivity index (χ1) is 8.08. The molecule has 0 aliphatic rings. The first kappa shape index (κ1) is 13.4. The van der Waals surface area contributed by atoms with Crippen LogP contribution in [0.1, 0.15) is 17.3 Å². The number of methoxy groups -OCH3 is 1. The second-order valence-corrected chi connectivity index (χ2v) is 3.84. The minimum atomic E-state index is -0.626. The molecule has 4 nitrogen and oxygen atoms in total. The topological polar surface area (TPSA) is 58.6 Å². The van der Waals surface area contributed by atoms with Crippen LogP contribution in [0, 0.1) is 11.7 Å². The average molecular weight is 241 g/mol. The summed E-state index contributed by atoms with van der Waals surface area (Å²) in [6, 6.07) is 4.05.